The molecule has 0 amide bonds. The van der Waals surface area contributed by atoms with E-state index in [4.69, 9.17) is 15.2 Å². The fraction of sp³-hybridized carbons (Fsp3) is 0.600. The van der Waals surface area contributed by atoms with Crippen LogP contribution in [0, 0.1) is 0 Å². The number of aromatic nitrogens is 2. The highest BCUT2D eigenvalue weighted by Gasteiger charge is 2.10. The summed E-state index contributed by atoms with van der Waals surface area (Å²) >= 11 is 0. The summed E-state index contributed by atoms with van der Waals surface area (Å²) < 4.78 is 11.5. The van der Waals surface area contributed by atoms with Gasteiger partial charge in [-0.25, -0.2) is 0 Å². The number of nitrogen functional groups attached to an aromatic ring is 1. The SMILES string of the molecule is COCCC(C)OC(=O)Cn1ccc(N)n1. The van der Waals surface area contributed by atoms with Gasteiger partial charge in [-0.3, -0.25) is 9.48 Å². The Morgan fingerprint density at radius 3 is 3.00 bits per heavy atom. The molecule has 0 aliphatic heterocycles. The maximum Gasteiger partial charge on any atom is 0.328 e. The average Bonchev–Trinajstić information content (AvgIpc) is 2.60. The predicted molar refractivity (Wildman–Crippen MR) is 58.7 cm³/mol. The summed E-state index contributed by atoms with van der Waals surface area (Å²) in [5, 5.41) is 3.89. The topological polar surface area (TPSA) is 79.4 Å². The van der Waals surface area contributed by atoms with Gasteiger partial charge < -0.3 is 15.2 Å². The number of anilines is 1. The number of hydrogen-bond acceptors (Lipinski definition) is 5. The quantitative estimate of drug-likeness (QED) is 0.713. The highest BCUT2D eigenvalue weighted by atomic mass is 16.5. The lowest BCUT2D eigenvalue weighted by atomic mass is 10.3. The first kappa shape index (κ1) is 12.5. The number of carbonyl (C=O) groups is 1. The molecule has 0 aromatic carbocycles. The lowest BCUT2D eigenvalue weighted by Gasteiger charge is -2.12. The molecule has 1 aromatic rings. The third-order valence-corrected chi connectivity index (χ3v) is 2.01. The molecule has 0 radical (unpaired) electrons. The van der Waals surface area contributed by atoms with Crippen LogP contribution < -0.4 is 5.73 Å². The molecule has 2 N–H and O–H groups in total. The van der Waals surface area contributed by atoms with Gasteiger partial charge in [0.25, 0.3) is 0 Å². The minimum atomic E-state index is -0.327. The summed E-state index contributed by atoms with van der Waals surface area (Å²) in [4.78, 5) is 11.4. The van der Waals surface area contributed by atoms with E-state index >= 15 is 0 Å². The lowest BCUT2D eigenvalue weighted by molar-refractivity contribution is -0.149. The molecule has 1 heterocycles. The molecule has 16 heavy (non-hydrogen) atoms. The van der Waals surface area contributed by atoms with Crippen LogP contribution >= 0.6 is 0 Å². The standard InChI is InChI=1S/C10H17N3O3/c1-8(4-6-15-2)16-10(14)7-13-5-3-9(11)12-13/h3,5,8H,4,6-7H2,1-2H3,(H2,11,12). The number of hydrogen-bond donors (Lipinski definition) is 1. The Bertz CT molecular complexity index is 338. The maximum absolute atomic E-state index is 11.4. The van der Waals surface area contributed by atoms with Crippen LogP contribution in [0.4, 0.5) is 5.82 Å². The first-order valence-electron chi connectivity index (χ1n) is 5.09. The monoisotopic (exact) mass is 227 g/mol. The van der Waals surface area contributed by atoms with E-state index < -0.39 is 0 Å². The summed E-state index contributed by atoms with van der Waals surface area (Å²) in [6, 6.07) is 1.63. The molecular formula is C10H17N3O3. The first-order valence-corrected chi connectivity index (χ1v) is 5.09. The van der Waals surface area contributed by atoms with E-state index in [1.165, 1.54) is 4.68 Å². The molecule has 0 bridgehead atoms. The minimum Gasteiger partial charge on any atom is -0.461 e. The van der Waals surface area contributed by atoms with Crippen molar-refractivity contribution in [3.8, 4) is 0 Å². The number of nitrogens with two attached hydrogens (primary N) is 1. The highest BCUT2D eigenvalue weighted by molar-refractivity contribution is 5.69. The average molecular weight is 227 g/mol. The van der Waals surface area contributed by atoms with Crippen molar-refractivity contribution in [2.45, 2.75) is 26.0 Å². The van der Waals surface area contributed by atoms with Crippen LogP contribution in [0.1, 0.15) is 13.3 Å². The molecule has 1 unspecified atom stereocenters. The van der Waals surface area contributed by atoms with Gasteiger partial charge in [0, 0.05) is 26.3 Å². The van der Waals surface area contributed by atoms with Gasteiger partial charge in [0.15, 0.2) is 0 Å². The number of ether oxygens (including phenoxy) is 2. The van der Waals surface area contributed by atoms with Gasteiger partial charge in [0.1, 0.15) is 18.5 Å². The second-order valence-corrected chi connectivity index (χ2v) is 3.52. The maximum atomic E-state index is 11.4. The van der Waals surface area contributed by atoms with E-state index in [9.17, 15) is 4.79 Å². The molecule has 1 aromatic heterocycles. The third kappa shape index (κ3) is 4.31. The molecule has 0 fully saturated rings. The van der Waals surface area contributed by atoms with Crippen molar-refractivity contribution in [1.82, 2.24) is 9.78 Å². The first-order chi connectivity index (χ1) is 7.61. The Morgan fingerprint density at radius 1 is 1.69 bits per heavy atom. The van der Waals surface area contributed by atoms with Crippen molar-refractivity contribution in [1.29, 1.82) is 0 Å². The predicted octanol–water partition coefficient (Wildman–Crippen LogP) is 0.433. The van der Waals surface area contributed by atoms with E-state index in [1.807, 2.05) is 6.92 Å². The van der Waals surface area contributed by atoms with Gasteiger partial charge in [-0.1, -0.05) is 0 Å². The lowest BCUT2D eigenvalue weighted by Crippen LogP contribution is -2.21. The van der Waals surface area contributed by atoms with Gasteiger partial charge in [-0.05, 0) is 13.0 Å². The highest BCUT2D eigenvalue weighted by Crippen LogP contribution is 2.01. The zero-order valence-corrected chi connectivity index (χ0v) is 9.55. The van der Waals surface area contributed by atoms with Crippen LogP contribution in [0.2, 0.25) is 0 Å². The zero-order valence-electron chi connectivity index (χ0n) is 9.55. The van der Waals surface area contributed by atoms with Crippen LogP contribution in [-0.2, 0) is 20.8 Å². The molecule has 1 atom stereocenters. The van der Waals surface area contributed by atoms with Gasteiger partial charge >= 0.3 is 5.97 Å². The summed E-state index contributed by atoms with van der Waals surface area (Å²) in [6.07, 6.45) is 2.17. The molecule has 0 saturated heterocycles. The van der Waals surface area contributed by atoms with E-state index in [0.717, 1.165) is 0 Å². The van der Waals surface area contributed by atoms with Crippen LogP contribution in [-0.4, -0.2) is 35.6 Å². The fourth-order valence-electron chi connectivity index (χ4n) is 1.20. The Balaban J connectivity index is 2.30. The van der Waals surface area contributed by atoms with Crippen molar-refractivity contribution in [2.24, 2.45) is 0 Å². The molecule has 0 saturated carbocycles. The zero-order chi connectivity index (χ0) is 12.0. The summed E-state index contributed by atoms with van der Waals surface area (Å²) in [6.45, 7) is 2.48. The number of carbonyl (C=O) groups excluding carboxylic acids is 1. The van der Waals surface area contributed by atoms with E-state index in [0.29, 0.717) is 18.8 Å². The Kier molecular flexibility index (Phi) is 4.78. The molecule has 6 nitrogen and oxygen atoms in total. The van der Waals surface area contributed by atoms with Crippen LogP contribution in [0.25, 0.3) is 0 Å². The second-order valence-electron chi connectivity index (χ2n) is 3.52. The normalized spacial score (nSPS) is 12.4. The van der Waals surface area contributed by atoms with Crippen molar-refractivity contribution in [3.05, 3.63) is 12.3 Å². The molecule has 90 valence electrons. The van der Waals surface area contributed by atoms with Crippen LogP contribution in [0.15, 0.2) is 12.3 Å². The van der Waals surface area contributed by atoms with Crippen molar-refractivity contribution >= 4 is 11.8 Å². The number of methoxy groups -OCH3 is 1. The molecule has 0 spiro atoms. The van der Waals surface area contributed by atoms with Crippen LogP contribution in [0.3, 0.4) is 0 Å². The molecule has 1 rings (SSSR count). The van der Waals surface area contributed by atoms with E-state index in [-0.39, 0.29) is 18.6 Å². The van der Waals surface area contributed by atoms with E-state index in [1.54, 1.807) is 19.4 Å². The molecular weight excluding hydrogens is 210 g/mol. The van der Waals surface area contributed by atoms with Gasteiger partial charge in [-0.15, -0.1) is 0 Å². The van der Waals surface area contributed by atoms with Crippen molar-refractivity contribution < 1.29 is 14.3 Å². The van der Waals surface area contributed by atoms with Gasteiger partial charge in [0.05, 0.1) is 0 Å². The van der Waals surface area contributed by atoms with Gasteiger partial charge in [0.2, 0.25) is 0 Å². The largest absolute Gasteiger partial charge is 0.461 e. The molecule has 0 aliphatic rings. The third-order valence-electron chi connectivity index (χ3n) is 2.01. The fourth-order valence-corrected chi connectivity index (χ4v) is 1.20. The van der Waals surface area contributed by atoms with Crippen LogP contribution in [0.5, 0.6) is 0 Å². The molecule has 6 heteroatoms. The Hall–Kier alpha value is -1.56. The second kappa shape index (κ2) is 6.12. The smallest absolute Gasteiger partial charge is 0.328 e. The summed E-state index contributed by atoms with van der Waals surface area (Å²) in [5.41, 5.74) is 5.42. The number of esters is 1. The van der Waals surface area contributed by atoms with E-state index in [2.05, 4.69) is 5.10 Å². The minimum absolute atomic E-state index is 0.0779. The Morgan fingerprint density at radius 2 is 2.44 bits per heavy atom. The summed E-state index contributed by atoms with van der Waals surface area (Å²) in [5.74, 6) is 0.0620. The molecule has 0 aliphatic carbocycles. The van der Waals surface area contributed by atoms with Crippen molar-refractivity contribution in [2.75, 3.05) is 19.5 Å². The number of nitrogens with zero attached hydrogens (tertiary/aromatic N) is 2. The van der Waals surface area contributed by atoms with Gasteiger partial charge in [-0.2, -0.15) is 5.10 Å². The number of rotatable bonds is 6. The summed E-state index contributed by atoms with van der Waals surface area (Å²) in [7, 11) is 1.61. The van der Waals surface area contributed by atoms with Crippen molar-refractivity contribution in [3.63, 3.8) is 0 Å². The Labute approximate surface area is 94.3 Å².